The zero-order chi connectivity index (χ0) is 9.00. The summed E-state index contributed by atoms with van der Waals surface area (Å²) in [5, 5.41) is 3.29. The predicted octanol–water partition coefficient (Wildman–Crippen LogP) is 2.79. The first kappa shape index (κ1) is 8.22. The highest BCUT2D eigenvalue weighted by Crippen LogP contribution is 2.60. The lowest BCUT2D eigenvalue weighted by molar-refractivity contribution is 0.238. The molecule has 3 heteroatoms. The largest absolute Gasteiger partial charge is 0.150 e. The molecule has 6 unspecified atom stereocenters. The number of hydrogen-bond donors (Lipinski definition) is 0. The van der Waals surface area contributed by atoms with Gasteiger partial charge in [-0.25, -0.2) is 0 Å². The van der Waals surface area contributed by atoms with Crippen LogP contribution in [0, 0.1) is 28.6 Å². The minimum absolute atomic E-state index is 0.0573. The molecule has 0 saturated heterocycles. The normalized spacial score (nSPS) is 58.2. The third-order valence-corrected chi connectivity index (χ3v) is 5.15. The van der Waals surface area contributed by atoms with Gasteiger partial charge in [-0.05, 0) is 42.9 Å². The van der Waals surface area contributed by atoms with Gasteiger partial charge in [0.05, 0.1) is 5.38 Å². The van der Waals surface area contributed by atoms with Crippen molar-refractivity contribution in [2.75, 3.05) is 0 Å². The number of nitroso groups, excluding NO2 is 1. The van der Waals surface area contributed by atoms with E-state index in [-0.39, 0.29) is 11.4 Å². The Labute approximate surface area is 83.0 Å². The summed E-state index contributed by atoms with van der Waals surface area (Å²) in [5.74, 6) is 2.78. The molecule has 13 heavy (non-hydrogen) atoms. The van der Waals surface area contributed by atoms with Crippen molar-refractivity contribution in [1.82, 2.24) is 0 Å². The maximum absolute atomic E-state index is 10.7. The second-order valence-electron chi connectivity index (χ2n) is 4.86. The van der Waals surface area contributed by atoms with Crippen molar-refractivity contribution in [2.45, 2.75) is 37.1 Å². The van der Waals surface area contributed by atoms with E-state index in [1.54, 1.807) is 0 Å². The summed E-state index contributed by atoms with van der Waals surface area (Å²) in [6, 6.07) is -0.0639. The Morgan fingerprint density at radius 2 is 1.77 bits per heavy atom. The van der Waals surface area contributed by atoms with Gasteiger partial charge in [-0.1, -0.05) is 11.6 Å². The van der Waals surface area contributed by atoms with Gasteiger partial charge in [0.15, 0.2) is 0 Å². The molecule has 6 atom stereocenters. The standard InChI is InChI=1S/C10H14ClNO/c11-9-7-4-8(10(9)12-13)6-3-1-2-5(6)7/h5-10H,1-4H2. The molecule has 3 rings (SSSR count). The van der Waals surface area contributed by atoms with Gasteiger partial charge in [0, 0.05) is 0 Å². The van der Waals surface area contributed by atoms with Gasteiger partial charge >= 0.3 is 0 Å². The van der Waals surface area contributed by atoms with Gasteiger partial charge in [0.25, 0.3) is 0 Å². The van der Waals surface area contributed by atoms with Crippen molar-refractivity contribution in [2.24, 2.45) is 28.8 Å². The van der Waals surface area contributed by atoms with Crippen LogP contribution in [0.15, 0.2) is 5.18 Å². The second kappa shape index (κ2) is 2.69. The average Bonchev–Trinajstić information content (AvgIpc) is 2.71. The lowest BCUT2D eigenvalue weighted by Crippen LogP contribution is -2.35. The van der Waals surface area contributed by atoms with Gasteiger partial charge in [0.1, 0.15) is 6.04 Å². The molecule has 0 aromatic carbocycles. The summed E-state index contributed by atoms with van der Waals surface area (Å²) in [7, 11) is 0. The lowest BCUT2D eigenvalue weighted by Gasteiger charge is -2.31. The molecule has 0 N–H and O–H groups in total. The summed E-state index contributed by atoms with van der Waals surface area (Å²) in [4.78, 5) is 10.7. The van der Waals surface area contributed by atoms with Gasteiger partial charge in [-0.3, -0.25) is 0 Å². The van der Waals surface area contributed by atoms with Crippen molar-refractivity contribution < 1.29 is 0 Å². The highest BCUT2D eigenvalue weighted by atomic mass is 35.5. The highest BCUT2D eigenvalue weighted by molar-refractivity contribution is 6.21. The van der Waals surface area contributed by atoms with E-state index in [2.05, 4.69) is 5.18 Å². The van der Waals surface area contributed by atoms with Crippen molar-refractivity contribution in [3.05, 3.63) is 4.91 Å². The van der Waals surface area contributed by atoms with Crippen LogP contribution < -0.4 is 0 Å². The topological polar surface area (TPSA) is 29.4 Å². The van der Waals surface area contributed by atoms with Gasteiger partial charge in [-0.15, -0.1) is 11.6 Å². The van der Waals surface area contributed by atoms with E-state index >= 15 is 0 Å². The van der Waals surface area contributed by atoms with Crippen LogP contribution in [0.25, 0.3) is 0 Å². The molecule has 0 heterocycles. The van der Waals surface area contributed by atoms with Crippen LogP contribution in [0.1, 0.15) is 25.7 Å². The maximum atomic E-state index is 10.7. The van der Waals surface area contributed by atoms with Crippen LogP contribution in [0.4, 0.5) is 0 Å². The first-order valence-corrected chi connectivity index (χ1v) is 5.73. The zero-order valence-electron chi connectivity index (χ0n) is 7.53. The van der Waals surface area contributed by atoms with Crippen molar-refractivity contribution in [3.63, 3.8) is 0 Å². The molecule has 2 nitrogen and oxygen atoms in total. The van der Waals surface area contributed by atoms with E-state index in [9.17, 15) is 4.91 Å². The monoisotopic (exact) mass is 199 g/mol. The minimum atomic E-state index is -0.0639. The summed E-state index contributed by atoms with van der Waals surface area (Å²) in [6.07, 6.45) is 5.19. The van der Waals surface area contributed by atoms with E-state index < -0.39 is 0 Å². The minimum Gasteiger partial charge on any atom is -0.150 e. The summed E-state index contributed by atoms with van der Waals surface area (Å²) in [6.45, 7) is 0. The van der Waals surface area contributed by atoms with Crippen LogP contribution in [0.3, 0.4) is 0 Å². The van der Waals surface area contributed by atoms with Crippen molar-refractivity contribution in [3.8, 4) is 0 Å². The van der Waals surface area contributed by atoms with E-state index in [0.29, 0.717) is 11.8 Å². The fraction of sp³-hybridized carbons (Fsp3) is 1.00. The van der Waals surface area contributed by atoms with E-state index in [1.165, 1.54) is 25.7 Å². The molecule has 2 bridgehead atoms. The number of nitrogens with zero attached hydrogens (tertiary/aromatic N) is 1. The molecule has 0 aromatic rings. The Hall–Kier alpha value is -0.110. The molecule has 0 spiro atoms. The Balaban J connectivity index is 1.91. The quantitative estimate of drug-likeness (QED) is 0.472. The van der Waals surface area contributed by atoms with E-state index in [0.717, 1.165) is 11.8 Å². The van der Waals surface area contributed by atoms with Gasteiger partial charge in [0.2, 0.25) is 0 Å². The molecule has 3 saturated carbocycles. The molecule has 3 aliphatic rings. The molecule has 0 amide bonds. The van der Waals surface area contributed by atoms with Crippen LogP contribution in [0.2, 0.25) is 0 Å². The molecule has 3 aliphatic carbocycles. The Bertz CT molecular complexity index is 245. The summed E-state index contributed by atoms with van der Waals surface area (Å²) >= 11 is 6.25. The first-order chi connectivity index (χ1) is 6.33. The fourth-order valence-corrected chi connectivity index (χ4v) is 4.65. The third kappa shape index (κ3) is 0.903. The molecular weight excluding hydrogens is 186 g/mol. The van der Waals surface area contributed by atoms with E-state index in [1.807, 2.05) is 0 Å². The van der Waals surface area contributed by atoms with Crippen LogP contribution in [-0.2, 0) is 0 Å². The number of halogens is 1. The third-order valence-electron chi connectivity index (χ3n) is 4.56. The highest BCUT2D eigenvalue weighted by Gasteiger charge is 2.59. The first-order valence-electron chi connectivity index (χ1n) is 5.29. The lowest BCUT2D eigenvalue weighted by atomic mass is 9.79. The molecule has 0 aromatic heterocycles. The summed E-state index contributed by atoms with van der Waals surface area (Å²) in [5.41, 5.74) is 0. The smallest absolute Gasteiger partial charge is 0.112 e. The SMILES string of the molecule is O=NC1C(Cl)C2CC1C1CCCC21. The van der Waals surface area contributed by atoms with Crippen LogP contribution in [-0.4, -0.2) is 11.4 Å². The molecule has 0 radical (unpaired) electrons. The summed E-state index contributed by atoms with van der Waals surface area (Å²) < 4.78 is 0. The van der Waals surface area contributed by atoms with E-state index in [4.69, 9.17) is 11.6 Å². The Morgan fingerprint density at radius 3 is 2.46 bits per heavy atom. The fourth-order valence-electron chi connectivity index (χ4n) is 4.13. The van der Waals surface area contributed by atoms with Crippen LogP contribution >= 0.6 is 11.6 Å². The molecule has 72 valence electrons. The molecule has 0 aliphatic heterocycles. The molecular formula is C10H14ClNO. The predicted molar refractivity (Wildman–Crippen MR) is 51.7 cm³/mol. The van der Waals surface area contributed by atoms with Crippen molar-refractivity contribution >= 4 is 11.6 Å². The van der Waals surface area contributed by atoms with Gasteiger partial charge < -0.3 is 0 Å². The maximum Gasteiger partial charge on any atom is 0.112 e. The molecule has 3 fully saturated rings. The Morgan fingerprint density at radius 1 is 1.08 bits per heavy atom. The van der Waals surface area contributed by atoms with Gasteiger partial charge in [-0.2, -0.15) is 4.91 Å². The Kier molecular flexibility index (Phi) is 1.70. The average molecular weight is 200 g/mol. The number of hydrogen-bond acceptors (Lipinski definition) is 2. The zero-order valence-corrected chi connectivity index (χ0v) is 8.28. The second-order valence-corrected chi connectivity index (χ2v) is 5.37. The number of fused-ring (bicyclic) bond motifs is 5. The number of rotatable bonds is 1. The number of alkyl halides is 1. The van der Waals surface area contributed by atoms with Crippen LogP contribution in [0.5, 0.6) is 0 Å². The van der Waals surface area contributed by atoms with Crippen molar-refractivity contribution in [1.29, 1.82) is 0 Å².